The second-order valence-corrected chi connectivity index (χ2v) is 33.0. The molecule has 8 heteroatoms. The van der Waals surface area contributed by atoms with Crippen molar-refractivity contribution < 1.29 is 0 Å². The van der Waals surface area contributed by atoms with E-state index in [1.807, 2.05) is 22.7 Å². The van der Waals surface area contributed by atoms with Gasteiger partial charge in [-0.3, -0.25) is 0 Å². The monoisotopic (exact) mass is 1530 g/mol. The molecule has 0 bridgehead atoms. The average molecular weight is 1530 g/mol. The maximum absolute atomic E-state index is 5.44. The summed E-state index contributed by atoms with van der Waals surface area (Å²) in [6, 6.07) is 140. The lowest BCUT2D eigenvalue weighted by atomic mass is 9.93. The molecule has 0 saturated carbocycles. The third-order valence-electron chi connectivity index (χ3n) is 24.5. The molecule has 20 aromatic carbocycles. The van der Waals surface area contributed by atoms with Crippen molar-refractivity contribution in [3.8, 4) is 67.8 Å². The van der Waals surface area contributed by atoms with Crippen molar-refractivity contribution in [3.05, 3.63) is 388 Å². The number of para-hydroxylation sites is 2. The largest absolute Gasteiger partial charge is 0.308 e. The third kappa shape index (κ3) is 10.0. The minimum absolute atomic E-state index is 0.712. The Kier molecular flexibility index (Phi) is 14.8. The molecule has 546 valence electrons. The van der Waals surface area contributed by atoms with E-state index in [0.29, 0.717) is 11.6 Å². The minimum atomic E-state index is 0.712. The Morgan fingerprint density at radius 2 is 0.508 bits per heavy atom. The molecule has 0 unspecified atom stereocenters. The Bertz CT molecular complexity index is 8740. The molecule has 0 atom stereocenters. The zero-order chi connectivity index (χ0) is 77.2. The maximum atomic E-state index is 5.44. The minimum Gasteiger partial charge on any atom is -0.308 e. The van der Waals surface area contributed by atoms with Crippen LogP contribution in [0.5, 0.6) is 0 Å². The number of nitrogens with zero attached hydrogens (tertiary/aromatic N) is 6. The molecule has 6 heterocycles. The summed E-state index contributed by atoms with van der Waals surface area (Å²) in [4.78, 5) is 21.6. The second-order valence-electron chi connectivity index (χ2n) is 30.9. The molecule has 0 fully saturated rings. The van der Waals surface area contributed by atoms with Crippen molar-refractivity contribution >= 4 is 204 Å². The molecule has 0 aliphatic carbocycles. The van der Waals surface area contributed by atoms with E-state index >= 15 is 0 Å². The summed E-state index contributed by atoms with van der Waals surface area (Å²) in [6.07, 6.45) is 0. The first-order valence-electron chi connectivity index (χ1n) is 40.2. The first kappa shape index (κ1) is 66.4. The van der Waals surface area contributed by atoms with Crippen LogP contribution in [0, 0.1) is 0 Å². The fourth-order valence-electron chi connectivity index (χ4n) is 19.3. The van der Waals surface area contributed by atoms with Gasteiger partial charge in [-0.25, -0.2) is 19.9 Å². The Morgan fingerprint density at radius 1 is 0.195 bits per heavy atom. The van der Waals surface area contributed by atoms with E-state index in [4.69, 9.17) is 19.9 Å². The number of fused-ring (bicyclic) bond motifs is 33. The lowest BCUT2D eigenvalue weighted by Crippen LogP contribution is -1.98. The molecule has 118 heavy (non-hydrogen) atoms. The van der Waals surface area contributed by atoms with Crippen molar-refractivity contribution in [2.45, 2.75) is 0 Å². The van der Waals surface area contributed by atoms with Crippen LogP contribution in [-0.4, -0.2) is 29.1 Å². The predicted molar refractivity (Wildman–Crippen MR) is 503 cm³/mol. The van der Waals surface area contributed by atoms with Crippen LogP contribution >= 0.6 is 22.7 Å². The molecule has 26 aromatic rings. The Hall–Kier alpha value is -15.1. The van der Waals surface area contributed by atoms with E-state index in [0.717, 1.165) is 94.1 Å². The molecule has 0 aliphatic rings. The van der Waals surface area contributed by atoms with Crippen LogP contribution in [0.1, 0.15) is 0 Å². The van der Waals surface area contributed by atoms with Gasteiger partial charge in [-0.1, -0.05) is 322 Å². The van der Waals surface area contributed by atoms with E-state index in [2.05, 4.69) is 397 Å². The first-order chi connectivity index (χ1) is 58.6. The van der Waals surface area contributed by atoms with E-state index < -0.39 is 0 Å². The number of hydrogen-bond donors (Lipinski definition) is 0. The van der Waals surface area contributed by atoms with E-state index in [1.54, 1.807) is 0 Å². The number of benzene rings is 20. The average Bonchev–Trinajstić information content (AvgIpc) is 1.50. The van der Waals surface area contributed by atoms with Crippen molar-refractivity contribution in [2.75, 3.05) is 0 Å². The highest BCUT2D eigenvalue weighted by atomic mass is 32.1. The van der Waals surface area contributed by atoms with Gasteiger partial charge in [0.25, 0.3) is 0 Å². The van der Waals surface area contributed by atoms with Gasteiger partial charge in [0, 0.05) is 108 Å². The summed E-state index contributed by atoms with van der Waals surface area (Å²) in [5, 5.41) is 29.6. The van der Waals surface area contributed by atoms with E-state index in [1.165, 1.54) is 143 Å². The number of aromatic nitrogens is 6. The molecular formula is C110H64N6S2. The highest BCUT2D eigenvalue weighted by Gasteiger charge is 2.27. The smallest absolute Gasteiger partial charge is 0.160 e. The Morgan fingerprint density at radius 3 is 0.966 bits per heavy atom. The Balaban J connectivity index is 0.000000133. The molecule has 0 N–H and O–H groups in total. The lowest BCUT2D eigenvalue weighted by molar-refractivity contribution is 1.18. The van der Waals surface area contributed by atoms with Gasteiger partial charge in [0.1, 0.15) is 0 Å². The van der Waals surface area contributed by atoms with Crippen LogP contribution in [0.25, 0.3) is 249 Å². The van der Waals surface area contributed by atoms with Gasteiger partial charge in [0.05, 0.1) is 53.9 Å². The summed E-state index contributed by atoms with van der Waals surface area (Å²) in [6.45, 7) is 0. The first-order valence-corrected chi connectivity index (χ1v) is 41.8. The number of hydrogen-bond acceptors (Lipinski definition) is 6. The fourth-order valence-corrected chi connectivity index (χ4v) is 21.8. The van der Waals surface area contributed by atoms with Crippen LogP contribution in [0.15, 0.2) is 388 Å². The van der Waals surface area contributed by atoms with Gasteiger partial charge in [-0.05, 0) is 142 Å². The van der Waals surface area contributed by atoms with Crippen LogP contribution in [0.4, 0.5) is 0 Å². The molecule has 26 rings (SSSR count). The fraction of sp³-hybridized carbons (Fsp3) is 0. The molecular weight excluding hydrogens is 1470 g/mol. The van der Waals surface area contributed by atoms with Crippen LogP contribution < -0.4 is 0 Å². The van der Waals surface area contributed by atoms with Crippen LogP contribution in [0.3, 0.4) is 0 Å². The zero-order valence-corrected chi connectivity index (χ0v) is 65.1. The highest BCUT2D eigenvalue weighted by molar-refractivity contribution is 7.27. The topological polar surface area (TPSA) is 61.4 Å². The number of rotatable bonds is 7. The molecule has 0 spiro atoms. The summed E-state index contributed by atoms with van der Waals surface area (Å²) in [5.41, 5.74) is 17.4. The van der Waals surface area contributed by atoms with Crippen molar-refractivity contribution in [1.82, 2.24) is 29.1 Å². The molecule has 6 aromatic heterocycles. The van der Waals surface area contributed by atoms with E-state index in [-0.39, 0.29) is 0 Å². The van der Waals surface area contributed by atoms with Crippen molar-refractivity contribution in [1.29, 1.82) is 0 Å². The summed E-state index contributed by atoms with van der Waals surface area (Å²) < 4.78 is 10.2. The van der Waals surface area contributed by atoms with Gasteiger partial charge in [-0.15, -0.1) is 22.7 Å². The maximum Gasteiger partial charge on any atom is 0.160 e. The molecule has 0 radical (unpaired) electrons. The molecule has 0 aliphatic heterocycles. The van der Waals surface area contributed by atoms with Gasteiger partial charge < -0.3 is 9.13 Å². The SMILES string of the molecule is c1ccc(-c2nc(-c3ccc(-n4c5ccccc5c5c6ccccc6c6c7ccccc7sc6c54)cc3)nc3c4ccccc4c4ccccc4c23)cc1.c1ccc2cc(-c3nc(-c4ccc(-c5ccc(-n6c7ccccc7c7c8ccccc8c8c9ccccc9sc8c76)cc5)cc4)nc4c5ccccc5c5ccccc5c34)ccc2c1. The summed E-state index contributed by atoms with van der Waals surface area (Å²) in [7, 11) is 0. The van der Waals surface area contributed by atoms with Crippen LogP contribution in [0.2, 0.25) is 0 Å². The van der Waals surface area contributed by atoms with Gasteiger partial charge in [0.15, 0.2) is 11.6 Å². The van der Waals surface area contributed by atoms with Crippen LogP contribution in [-0.2, 0) is 0 Å². The predicted octanol–water partition coefficient (Wildman–Crippen LogP) is 30.6. The Labute approximate surface area is 683 Å². The standard InChI is InChI=1S/C60H35N3S.C50H29N3S/c1-2-14-40-35-41(30-27-36(40)13-1)56-55-45-17-5-3-15-43(45)44-16-4-8-20-48(44)57(55)62-60(61-56)39-28-25-37(26-29-39)38-31-33-42(34-32-38)63-51-23-11-9-21-49(51)53-46-18-6-7-19-47(46)54-50-22-10-12-24-52(50)64-59(54)58(53)63;1-2-14-30(15-3-1)46-45-35-18-6-4-16-33(35)34-17-5-9-21-38(34)47(45)52-50(51-46)31-26-28-32(29-27-31)53-41-24-12-10-22-39(41)43-36-19-7-8-20-37(36)44-40-23-11-13-25-42(40)54-49(44)48(43)53/h1-35H;1-29H. The quantitative estimate of drug-likeness (QED) is 0.149. The molecule has 6 nitrogen and oxygen atoms in total. The highest BCUT2D eigenvalue weighted by Crippen LogP contribution is 2.52. The van der Waals surface area contributed by atoms with E-state index in [9.17, 15) is 0 Å². The van der Waals surface area contributed by atoms with Gasteiger partial charge >= 0.3 is 0 Å². The lowest BCUT2D eigenvalue weighted by Gasteiger charge is -2.15. The van der Waals surface area contributed by atoms with Gasteiger partial charge in [-0.2, -0.15) is 0 Å². The van der Waals surface area contributed by atoms with Crippen molar-refractivity contribution in [3.63, 3.8) is 0 Å². The third-order valence-corrected chi connectivity index (χ3v) is 26.9. The van der Waals surface area contributed by atoms with Crippen molar-refractivity contribution in [2.24, 2.45) is 0 Å². The summed E-state index contributed by atoms with van der Waals surface area (Å²) >= 11 is 3.79. The summed E-state index contributed by atoms with van der Waals surface area (Å²) in [5.74, 6) is 1.43. The van der Waals surface area contributed by atoms with Gasteiger partial charge in [0.2, 0.25) is 0 Å². The zero-order valence-electron chi connectivity index (χ0n) is 63.5. The molecule has 0 saturated heterocycles. The second kappa shape index (κ2) is 26.2. The molecule has 0 amide bonds. The number of thiophene rings is 2. The normalized spacial score (nSPS) is 12.1.